The van der Waals surface area contributed by atoms with Crippen LogP contribution in [-0.2, 0) is 20.9 Å². The zero-order chi connectivity index (χ0) is 23.9. The van der Waals surface area contributed by atoms with E-state index in [-0.39, 0.29) is 24.1 Å². The SMILES string of the molecule is O=C(O)C(F)(F)F.O=C1CCC(N2Cc3cc4c(cc3C2=O)OC[C@@H]2CNCCN42)C(=O)N1. The van der Waals surface area contributed by atoms with E-state index < -0.39 is 18.2 Å². The fourth-order valence-electron chi connectivity index (χ4n) is 4.34. The number of hydrogen-bond acceptors (Lipinski definition) is 7. The standard InChI is InChI=1S/C18H20N4O4.C2HF3O2/c23-16-2-1-13(17(24)20-16)22-8-10-5-14-15(6-12(10)18(22)25)26-9-11-7-19-3-4-21(11)14;3-2(4,5)1(6)7/h5-6,11,13,19H,1-4,7-9H2,(H,20,23,24);(H,6,7)/t11-,13?;/m0./s1. The van der Waals surface area contributed by atoms with E-state index in [1.54, 1.807) is 4.90 Å². The summed E-state index contributed by atoms with van der Waals surface area (Å²) in [6.07, 6.45) is -4.45. The lowest BCUT2D eigenvalue weighted by Crippen LogP contribution is -2.55. The Morgan fingerprint density at radius 3 is 2.58 bits per heavy atom. The lowest BCUT2D eigenvalue weighted by molar-refractivity contribution is -0.192. The molecule has 1 unspecified atom stereocenters. The summed E-state index contributed by atoms with van der Waals surface area (Å²) in [6, 6.07) is 3.57. The number of carboxylic acid groups (broad SMARTS) is 1. The number of carbonyl (C=O) groups excluding carboxylic acids is 3. The van der Waals surface area contributed by atoms with E-state index in [0.29, 0.717) is 31.2 Å². The van der Waals surface area contributed by atoms with Crippen LogP contribution in [0.4, 0.5) is 18.9 Å². The summed E-state index contributed by atoms with van der Waals surface area (Å²) in [4.78, 5) is 49.2. The van der Waals surface area contributed by atoms with Gasteiger partial charge in [-0.15, -0.1) is 0 Å². The van der Waals surface area contributed by atoms with Crippen molar-refractivity contribution in [3.63, 3.8) is 0 Å². The molecule has 4 heterocycles. The van der Waals surface area contributed by atoms with Crippen LogP contribution >= 0.6 is 0 Å². The van der Waals surface area contributed by atoms with Gasteiger partial charge in [0.05, 0.1) is 11.7 Å². The van der Waals surface area contributed by atoms with E-state index in [9.17, 15) is 27.6 Å². The van der Waals surface area contributed by atoms with Crippen molar-refractivity contribution < 1.29 is 42.2 Å². The largest absolute Gasteiger partial charge is 0.490 e. The number of amides is 3. The van der Waals surface area contributed by atoms with Crippen molar-refractivity contribution in [3.8, 4) is 5.75 Å². The van der Waals surface area contributed by atoms with Crippen molar-refractivity contribution in [1.82, 2.24) is 15.5 Å². The third-order valence-corrected chi connectivity index (χ3v) is 5.94. The van der Waals surface area contributed by atoms with E-state index in [1.807, 2.05) is 12.1 Å². The second-order valence-corrected chi connectivity index (χ2v) is 8.04. The van der Waals surface area contributed by atoms with Gasteiger partial charge < -0.3 is 25.0 Å². The average Bonchev–Trinajstić information content (AvgIpc) is 3.07. The summed E-state index contributed by atoms with van der Waals surface area (Å²) in [7, 11) is 0. The first kappa shape index (κ1) is 22.8. The van der Waals surface area contributed by atoms with Gasteiger partial charge in [0.2, 0.25) is 11.8 Å². The normalized spacial score (nSPS) is 24.0. The van der Waals surface area contributed by atoms with Crippen LogP contribution in [-0.4, -0.2) is 78.2 Å². The predicted molar refractivity (Wildman–Crippen MR) is 106 cm³/mol. The Bertz CT molecular complexity index is 1010. The number of piperidine rings is 1. The first-order valence-corrected chi connectivity index (χ1v) is 10.3. The third-order valence-electron chi connectivity index (χ3n) is 5.94. The van der Waals surface area contributed by atoms with Crippen molar-refractivity contribution in [2.24, 2.45) is 0 Å². The molecule has 4 aliphatic heterocycles. The molecule has 178 valence electrons. The van der Waals surface area contributed by atoms with Gasteiger partial charge in [0, 0.05) is 38.2 Å². The molecule has 0 radical (unpaired) electrons. The maximum Gasteiger partial charge on any atom is 0.490 e. The highest BCUT2D eigenvalue weighted by Crippen LogP contribution is 2.40. The average molecular weight is 470 g/mol. The van der Waals surface area contributed by atoms with Crippen LogP contribution in [0.1, 0.15) is 28.8 Å². The Balaban J connectivity index is 0.000000325. The van der Waals surface area contributed by atoms with Crippen LogP contribution in [0.2, 0.25) is 0 Å². The Hall–Kier alpha value is -3.35. The number of halogens is 3. The van der Waals surface area contributed by atoms with Crippen LogP contribution in [0.5, 0.6) is 5.75 Å². The van der Waals surface area contributed by atoms with Crippen molar-refractivity contribution in [2.75, 3.05) is 31.1 Å². The highest BCUT2D eigenvalue weighted by Gasteiger charge is 2.41. The minimum atomic E-state index is -5.08. The molecule has 0 spiro atoms. The van der Waals surface area contributed by atoms with E-state index in [2.05, 4.69) is 15.5 Å². The number of anilines is 1. The van der Waals surface area contributed by atoms with Gasteiger partial charge in [-0.1, -0.05) is 0 Å². The first-order valence-electron chi connectivity index (χ1n) is 10.3. The molecule has 2 atom stereocenters. The molecule has 5 rings (SSSR count). The number of ether oxygens (including phenoxy) is 1. The van der Waals surface area contributed by atoms with Gasteiger partial charge in [-0.05, 0) is 24.1 Å². The van der Waals surface area contributed by atoms with Gasteiger partial charge in [0.15, 0.2) is 0 Å². The van der Waals surface area contributed by atoms with E-state index in [0.717, 1.165) is 36.6 Å². The number of carboxylic acids is 1. The monoisotopic (exact) mass is 470 g/mol. The lowest BCUT2D eigenvalue weighted by Gasteiger charge is -2.42. The number of rotatable bonds is 1. The zero-order valence-electron chi connectivity index (χ0n) is 17.3. The molecule has 0 saturated carbocycles. The van der Waals surface area contributed by atoms with Gasteiger partial charge in [-0.2, -0.15) is 13.2 Å². The van der Waals surface area contributed by atoms with Crippen LogP contribution in [0.15, 0.2) is 12.1 Å². The maximum atomic E-state index is 12.9. The lowest BCUT2D eigenvalue weighted by atomic mass is 10.0. The molecule has 3 amide bonds. The van der Waals surface area contributed by atoms with E-state index >= 15 is 0 Å². The van der Waals surface area contributed by atoms with Crippen LogP contribution in [0.3, 0.4) is 0 Å². The molecule has 2 saturated heterocycles. The minimum absolute atomic E-state index is 0.164. The van der Waals surface area contributed by atoms with Gasteiger partial charge in [0.1, 0.15) is 18.4 Å². The molecule has 4 aliphatic rings. The quantitative estimate of drug-likeness (QED) is 0.499. The molecule has 3 N–H and O–H groups in total. The zero-order valence-corrected chi connectivity index (χ0v) is 17.3. The number of aliphatic carboxylic acids is 1. The topological polar surface area (TPSA) is 128 Å². The summed E-state index contributed by atoms with van der Waals surface area (Å²) >= 11 is 0. The van der Waals surface area contributed by atoms with Crippen molar-refractivity contribution >= 4 is 29.4 Å². The Morgan fingerprint density at radius 2 is 1.91 bits per heavy atom. The third kappa shape index (κ3) is 4.45. The molecule has 0 aliphatic carbocycles. The number of fused-ring (bicyclic) bond motifs is 4. The molecular formula is C20H21F3N4O6. The van der Waals surface area contributed by atoms with Gasteiger partial charge in [-0.25, -0.2) is 4.79 Å². The van der Waals surface area contributed by atoms with Crippen LogP contribution < -0.4 is 20.3 Å². The van der Waals surface area contributed by atoms with Crippen molar-refractivity contribution in [2.45, 2.75) is 37.6 Å². The maximum absolute atomic E-state index is 12.9. The number of nitrogens with one attached hydrogen (secondary N) is 2. The molecule has 33 heavy (non-hydrogen) atoms. The predicted octanol–water partition coefficient (Wildman–Crippen LogP) is 0.252. The molecule has 10 nitrogen and oxygen atoms in total. The summed E-state index contributed by atoms with van der Waals surface area (Å²) in [6.45, 7) is 3.71. The fraction of sp³-hybridized carbons (Fsp3) is 0.500. The second kappa shape index (κ2) is 8.54. The van der Waals surface area contributed by atoms with Gasteiger partial charge >= 0.3 is 12.1 Å². The number of alkyl halides is 3. The Morgan fingerprint density at radius 1 is 1.18 bits per heavy atom. The number of hydrogen-bond donors (Lipinski definition) is 3. The van der Waals surface area contributed by atoms with Gasteiger partial charge in [0.25, 0.3) is 5.91 Å². The summed E-state index contributed by atoms with van der Waals surface area (Å²) in [5.41, 5.74) is 2.54. The van der Waals surface area contributed by atoms with Crippen LogP contribution in [0, 0.1) is 0 Å². The van der Waals surface area contributed by atoms with Gasteiger partial charge in [-0.3, -0.25) is 19.7 Å². The summed E-state index contributed by atoms with van der Waals surface area (Å²) in [5, 5.41) is 12.8. The molecule has 0 bridgehead atoms. The van der Waals surface area contributed by atoms with E-state index in [4.69, 9.17) is 14.6 Å². The molecule has 1 aromatic carbocycles. The molecule has 0 aromatic heterocycles. The smallest absolute Gasteiger partial charge is 0.489 e. The minimum Gasteiger partial charge on any atom is -0.489 e. The number of carbonyl (C=O) groups is 4. The fourth-order valence-corrected chi connectivity index (χ4v) is 4.34. The molecule has 1 aromatic rings. The highest BCUT2D eigenvalue weighted by molar-refractivity contribution is 6.05. The number of benzene rings is 1. The number of imide groups is 1. The molecule has 2 fully saturated rings. The van der Waals surface area contributed by atoms with Crippen molar-refractivity contribution in [1.29, 1.82) is 0 Å². The van der Waals surface area contributed by atoms with E-state index in [1.165, 1.54) is 0 Å². The number of piperazine rings is 1. The molecular weight excluding hydrogens is 449 g/mol. The highest BCUT2D eigenvalue weighted by atomic mass is 19.4. The first-order chi connectivity index (χ1) is 15.6. The van der Waals surface area contributed by atoms with Crippen LogP contribution in [0.25, 0.3) is 0 Å². The Kier molecular flexibility index (Phi) is 5.91. The molecule has 13 heteroatoms. The second-order valence-electron chi connectivity index (χ2n) is 8.04. The summed E-state index contributed by atoms with van der Waals surface area (Å²) < 4.78 is 37.6. The summed E-state index contributed by atoms with van der Waals surface area (Å²) in [5.74, 6) is -2.84. The number of nitrogens with zero attached hydrogens (tertiary/aromatic N) is 2. The van der Waals surface area contributed by atoms with Crippen molar-refractivity contribution in [3.05, 3.63) is 23.3 Å². The Labute approximate surface area is 185 Å².